The number of hydrogen-bond acceptors (Lipinski definition) is 5. The summed E-state index contributed by atoms with van der Waals surface area (Å²) in [6, 6.07) is 3.63. The van der Waals surface area contributed by atoms with Gasteiger partial charge in [0.05, 0.1) is 25.6 Å². The number of rotatable bonds is 4. The number of benzene rings is 1. The van der Waals surface area contributed by atoms with Crippen LogP contribution >= 0.6 is 0 Å². The highest BCUT2D eigenvalue weighted by molar-refractivity contribution is 5.78. The summed E-state index contributed by atoms with van der Waals surface area (Å²) in [7, 11) is 3.17. The molecule has 6 heteroatoms. The summed E-state index contributed by atoms with van der Waals surface area (Å²) in [6.45, 7) is 1.51. The minimum atomic E-state index is -0.218. The van der Waals surface area contributed by atoms with Gasteiger partial charge in [-0.05, 0) is 12.8 Å². The molecular formula is C14H21N3O3. The minimum Gasteiger partial charge on any atom is -0.493 e. The van der Waals surface area contributed by atoms with Crippen LogP contribution in [0.3, 0.4) is 0 Å². The van der Waals surface area contributed by atoms with Crippen LogP contribution in [0, 0.1) is 5.92 Å². The highest BCUT2D eigenvalue weighted by Gasteiger charge is 2.25. The molecule has 20 heavy (non-hydrogen) atoms. The Kier molecular flexibility index (Phi) is 4.22. The molecule has 0 aromatic heterocycles. The van der Waals surface area contributed by atoms with Gasteiger partial charge in [-0.3, -0.25) is 4.79 Å². The van der Waals surface area contributed by atoms with Gasteiger partial charge in [-0.2, -0.15) is 0 Å². The van der Waals surface area contributed by atoms with Crippen LogP contribution in [0.4, 0.5) is 11.4 Å². The lowest BCUT2D eigenvalue weighted by Crippen LogP contribution is -2.38. The van der Waals surface area contributed by atoms with E-state index < -0.39 is 0 Å². The molecule has 0 bridgehead atoms. The Morgan fingerprint density at radius 2 is 1.75 bits per heavy atom. The smallest absolute Gasteiger partial charge is 0.220 e. The Balaban J connectivity index is 2.19. The first-order valence-electron chi connectivity index (χ1n) is 6.62. The third-order valence-electron chi connectivity index (χ3n) is 3.77. The first-order chi connectivity index (χ1) is 9.56. The van der Waals surface area contributed by atoms with E-state index in [1.165, 1.54) is 0 Å². The molecule has 0 spiro atoms. The first-order valence-corrected chi connectivity index (χ1v) is 6.62. The molecule has 0 radical (unpaired) electrons. The Bertz CT molecular complexity index is 497. The monoisotopic (exact) mass is 279 g/mol. The molecule has 1 aliphatic rings. The largest absolute Gasteiger partial charge is 0.493 e. The number of nitrogens with two attached hydrogens (primary N) is 2. The molecule has 0 unspecified atom stereocenters. The lowest BCUT2D eigenvalue weighted by atomic mass is 9.96. The van der Waals surface area contributed by atoms with Crippen LogP contribution in [0.1, 0.15) is 12.8 Å². The average molecular weight is 279 g/mol. The van der Waals surface area contributed by atoms with Gasteiger partial charge in [0.1, 0.15) is 0 Å². The van der Waals surface area contributed by atoms with Crippen LogP contribution in [0.2, 0.25) is 0 Å². The van der Waals surface area contributed by atoms with E-state index in [-0.39, 0.29) is 11.8 Å². The molecule has 1 saturated heterocycles. The number of nitrogen functional groups attached to an aromatic ring is 1. The zero-order valence-corrected chi connectivity index (χ0v) is 11.9. The highest BCUT2D eigenvalue weighted by atomic mass is 16.5. The number of amides is 1. The summed E-state index contributed by atoms with van der Waals surface area (Å²) in [4.78, 5) is 13.3. The quantitative estimate of drug-likeness (QED) is 0.802. The van der Waals surface area contributed by atoms with Crippen LogP contribution in [-0.2, 0) is 4.79 Å². The number of hydrogen-bond donors (Lipinski definition) is 2. The summed E-state index contributed by atoms with van der Waals surface area (Å²) in [6.07, 6.45) is 1.51. The summed E-state index contributed by atoms with van der Waals surface area (Å²) < 4.78 is 10.5. The lowest BCUT2D eigenvalue weighted by molar-refractivity contribution is -0.122. The molecule has 0 aliphatic carbocycles. The second kappa shape index (κ2) is 5.90. The summed E-state index contributed by atoms with van der Waals surface area (Å²) in [5.41, 5.74) is 13.0. The van der Waals surface area contributed by atoms with E-state index in [0.717, 1.165) is 31.6 Å². The van der Waals surface area contributed by atoms with Crippen LogP contribution in [-0.4, -0.2) is 33.2 Å². The molecule has 6 nitrogen and oxygen atoms in total. The van der Waals surface area contributed by atoms with Gasteiger partial charge in [0.2, 0.25) is 5.91 Å². The average Bonchev–Trinajstić information content (AvgIpc) is 2.47. The molecule has 1 aliphatic heterocycles. The summed E-state index contributed by atoms with van der Waals surface area (Å²) in [5, 5.41) is 0. The molecule has 1 amide bonds. The van der Waals surface area contributed by atoms with E-state index in [0.29, 0.717) is 17.2 Å². The van der Waals surface area contributed by atoms with Gasteiger partial charge >= 0.3 is 0 Å². The lowest BCUT2D eigenvalue weighted by Gasteiger charge is -2.33. The van der Waals surface area contributed by atoms with E-state index in [9.17, 15) is 4.79 Å². The van der Waals surface area contributed by atoms with E-state index in [1.807, 2.05) is 6.07 Å². The van der Waals surface area contributed by atoms with Crippen molar-refractivity contribution in [3.63, 3.8) is 0 Å². The van der Waals surface area contributed by atoms with Crippen LogP contribution < -0.4 is 25.8 Å². The standard InChI is InChI=1S/C14H21N3O3/c1-19-12-7-10(15)11(8-13(12)20-2)17-5-3-9(4-6-17)14(16)18/h7-9H,3-6,15H2,1-2H3,(H2,16,18). The number of carbonyl (C=O) groups is 1. The van der Waals surface area contributed by atoms with Crippen molar-refractivity contribution in [2.24, 2.45) is 11.7 Å². The maximum absolute atomic E-state index is 11.2. The van der Waals surface area contributed by atoms with Crippen LogP contribution in [0.5, 0.6) is 11.5 Å². The molecule has 110 valence electrons. The maximum atomic E-state index is 11.2. The van der Waals surface area contributed by atoms with Gasteiger partial charge in [-0.25, -0.2) is 0 Å². The predicted octanol–water partition coefficient (Wildman–Crippen LogP) is 0.988. The third-order valence-corrected chi connectivity index (χ3v) is 3.77. The molecule has 1 heterocycles. The fourth-order valence-corrected chi connectivity index (χ4v) is 2.56. The van der Waals surface area contributed by atoms with E-state index in [1.54, 1.807) is 20.3 Å². The zero-order valence-electron chi connectivity index (χ0n) is 11.9. The van der Waals surface area contributed by atoms with E-state index in [2.05, 4.69) is 4.90 Å². The normalized spacial score (nSPS) is 16.0. The molecule has 1 aromatic carbocycles. The van der Waals surface area contributed by atoms with E-state index >= 15 is 0 Å². The fourth-order valence-electron chi connectivity index (χ4n) is 2.56. The van der Waals surface area contributed by atoms with E-state index in [4.69, 9.17) is 20.9 Å². The number of nitrogens with zero attached hydrogens (tertiary/aromatic N) is 1. The van der Waals surface area contributed by atoms with Gasteiger partial charge in [0.15, 0.2) is 11.5 Å². The number of piperidine rings is 1. The van der Waals surface area contributed by atoms with Crippen molar-refractivity contribution < 1.29 is 14.3 Å². The number of anilines is 2. The molecule has 1 fully saturated rings. The number of primary amides is 1. The Hall–Kier alpha value is -2.11. The summed E-state index contributed by atoms with van der Waals surface area (Å²) >= 11 is 0. The van der Waals surface area contributed by atoms with Gasteiger partial charge < -0.3 is 25.8 Å². The maximum Gasteiger partial charge on any atom is 0.220 e. The Morgan fingerprint density at radius 3 is 2.25 bits per heavy atom. The predicted molar refractivity (Wildman–Crippen MR) is 78.1 cm³/mol. The van der Waals surface area contributed by atoms with Crippen molar-refractivity contribution in [3.8, 4) is 11.5 Å². The van der Waals surface area contributed by atoms with Crippen molar-refractivity contribution in [2.75, 3.05) is 37.9 Å². The molecular weight excluding hydrogens is 258 g/mol. The minimum absolute atomic E-state index is 0.0346. The fraction of sp³-hybridized carbons (Fsp3) is 0.500. The van der Waals surface area contributed by atoms with Crippen molar-refractivity contribution >= 4 is 17.3 Å². The Labute approximate surface area is 118 Å². The highest BCUT2D eigenvalue weighted by Crippen LogP contribution is 2.38. The molecule has 1 aromatic rings. The van der Waals surface area contributed by atoms with Crippen LogP contribution in [0.15, 0.2) is 12.1 Å². The number of ether oxygens (including phenoxy) is 2. The van der Waals surface area contributed by atoms with Gasteiger partial charge in [-0.1, -0.05) is 0 Å². The first kappa shape index (κ1) is 14.3. The van der Waals surface area contributed by atoms with Gasteiger partial charge in [0, 0.05) is 31.1 Å². The second-order valence-corrected chi connectivity index (χ2v) is 4.93. The van der Waals surface area contributed by atoms with Crippen molar-refractivity contribution in [3.05, 3.63) is 12.1 Å². The second-order valence-electron chi connectivity index (χ2n) is 4.93. The van der Waals surface area contributed by atoms with Gasteiger partial charge in [0.25, 0.3) is 0 Å². The SMILES string of the molecule is COc1cc(N)c(N2CCC(C(N)=O)CC2)cc1OC. The molecule has 4 N–H and O–H groups in total. The third kappa shape index (κ3) is 2.74. The molecule has 0 saturated carbocycles. The zero-order chi connectivity index (χ0) is 14.7. The molecule has 0 atom stereocenters. The van der Waals surface area contributed by atoms with Gasteiger partial charge in [-0.15, -0.1) is 0 Å². The number of methoxy groups -OCH3 is 2. The molecule has 2 rings (SSSR count). The number of carbonyl (C=O) groups excluding carboxylic acids is 1. The van der Waals surface area contributed by atoms with Crippen molar-refractivity contribution in [2.45, 2.75) is 12.8 Å². The van der Waals surface area contributed by atoms with Crippen molar-refractivity contribution in [1.29, 1.82) is 0 Å². The van der Waals surface area contributed by atoms with Crippen LogP contribution in [0.25, 0.3) is 0 Å². The summed E-state index contributed by atoms with van der Waals surface area (Å²) in [5.74, 6) is 1.01. The van der Waals surface area contributed by atoms with Crippen molar-refractivity contribution in [1.82, 2.24) is 0 Å². The Morgan fingerprint density at radius 1 is 1.20 bits per heavy atom. The topological polar surface area (TPSA) is 90.8 Å².